The van der Waals surface area contributed by atoms with Crippen LogP contribution in [-0.2, 0) is 11.3 Å². The van der Waals surface area contributed by atoms with Crippen LogP contribution >= 0.6 is 0 Å². The highest BCUT2D eigenvalue weighted by Gasteiger charge is 2.27. The number of benzene rings is 2. The number of amides is 1. The van der Waals surface area contributed by atoms with Gasteiger partial charge in [-0.15, -0.1) is 0 Å². The number of rotatable bonds is 4. The molecule has 0 N–H and O–H groups in total. The van der Waals surface area contributed by atoms with E-state index >= 15 is 0 Å². The van der Waals surface area contributed by atoms with Crippen LogP contribution in [0.5, 0.6) is 0 Å². The fourth-order valence-corrected chi connectivity index (χ4v) is 3.53. The van der Waals surface area contributed by atoms with Gasteiger partial charge in [0.25, 0.3) is 0 Å². The Bertz CT molecular complexity index is 658. The van der Waals surface area contributed by atoms with Crippen molar-refractivity contribution in [1.29, 1.82) is 0 Å². The Morgan fingerprint density at radius 2 is 1.67 bits per heavy atom. The summed E-state index contributed by atoms with van der Waals surface area (Å²) in [6, 6.07) is 19.2. The summed E-state index contributed by atoms with van der Waals surface area (Å²) in [5, 5.41) is 0. The van der Waals surface area contributed by atoms with Gasteiger partial charge in [-0.2, -0.15) is 0 Å². The van der Waals surface area contributed by atoms with E-state index in [0.717, 1.165) is 38.2 Å². The van der Waals surface area contributed by atoms with Crippen LogP contribution in [0.2, 0.25) is 0 Å². The molecule has 1 heterocycles. The summed E-state index contributed by atoms with van der Waals surface area (Å²) >= 11 is 0. The molecule has 1 amide bonds. The van der Waals surface area contributed by atoms with Crippen molar-refractivity contribution in [2.45, 2.75) is 39.3 Å². The molecule has 2 aromatic rings. The maximum Gasteiger partial charge on any atom is 0.224 e. The van der Waals surface area contributed by atoms with E-state index < -0.39 is 0 Å². The summed E-state index contributed by atoms with van der Waals surface area (Å²) in [4.78, 5) is 16.7. The number of nitrogens with zero attached hydrogens (tertiary/aromatic N) is 2. The van der Waals surface area contributed by atoms with Gasteiger partial charge in [-0.1, -0.05) is 48.0 Å². The van der Waals surface area contributed by atoms with Gasteiger partial charge in [0.05, 0.1) is 0 Å². The maximum atomic E-state index is 12.2. The second-order valence-corrected chi connectivity index (χ2v) is 6.72. The number of piperidine rings is 1. The lowest BCUT2D eigenvalue weighted by Crippen LogP contribution is -2.46. The molecule has 126 valence electrons. The average Bonchev–Trinajstić information content (AvgIpc) is 2.59. The normalized spacial score (nSPS) is 16.1. The van der Waals surface area contributed by atoms with Crippen molar-refractivity contribution in [3.05, 3.63) is 65.7 Å². The van der Waals surface area contributed by atoms with E-state index in [1.165, 1.54) is 11.1 Å². The molecule has 0 aliphatic carbocycles. The molecule has 0 saturated carbocycles. The van der Waals surface area contributed by atoms with Crippen molar-refractivity contribution in [1.82, 2.24) is 4.90 Å². The molecule has 3 rings (SSSR count). The topological polar surface area (TPSA) is 23.6 Å². The van der Waals surface area contributed by atoms with Gasteiger partial charge >= 0.3 is 0 Å². The van der Waals surface area contributed by atoms with E-state index in [0.29, 0.717) is 6.04 Å². The molecule has 3 nitrogen and oxygen atoms in total. The number of carbonyl (C=O) groups excluding carboxylic acids is 1. The van der Waals surface area contributed by atoms with Gasteiger partial charge in [0.1, 0.15) is 0 Å². The van der Waals surface area contributed by atoms with E-state index in [-0.39, 0.29) is 5.91 Å². The van der Waals surface area contributed by atoms with E-state index in [2.05, 4.69) is 66.4 Å². The molecule has 1 aliphatic heterocycles. The third kappa shape index (κ3) is 4.04. The highest BCUT2D eigenvalue weighted by atomic mass is 16.2. The van der Waals surface area contributed by atoms with Gasteiger partial charge in [-0.25, -0.2) is 0 Å². The molecule has 1 saturated heterocycles. The fourth-order valence-electron chi connectivity index (χ4n) is 3.53. The lowest BCUT2D eigenvalue weighted by Gasteiger charge is -2.38. The lowest BCUT2D eigenvalue weighted by molar-refractivity contribution is -0.117. The van der Waals surface area contributed by atoms with Crippen LogP contribution in [0, 0.1) is 6.92 Å². The predicted molar refractivity (Wildman–Crippen MR) is 99.1 cm³/mol. The molecule has 0 bridgehead atoms. The highest BCUT2D eigenvalue weighted by molar-refractivity contribution is 5.92. The summed E-state index contributed by atoms with van der Waals surface area (Å²) in [5.74, 6) is 0.139. The van der Waals surface area contributed by atoms with Crippen molar-refractivity contribution in [2.75, 3.05) is 18.0 Å². The van der Waals surface area contributed by atoms with Gasteiger partial charge < -0.3 is 4.90 Å². The summed E-state index contributed by atoms with van der Waals surface area (Å²) < 4.78 is 0. The monoisotopic (exact) mass is 322 g/mol. The number of anilines is 1. The highest BCUT2D eigenvalue weighted by Crippen LogP contribution is 2.25. The first kappa shape index (κ1) is 16.7. The Hall–Kier alpha value is -2.13. The largest absolute Gasteiger partial charge is 0.310 e. The van der Waals surface area contributed by atoms with Gasteiger partial charge in [0, 0.05) is 38.3 Å². The van der Waals surface area contributed by atoms with E-state index in [1.54, 1.807) is 6.92 Å². The second kappa shape index (κ2) is 7.63. The van der Waals surface area contributed by atoms with Crippen molar-refractivity contribution < 1.29 is 4.79 Å². The molecule has 0 spiro atoms. The zero-order chi connectivity index (χ0) is 16.9. The minimum absolute atomic E-state index is 0.139. The van der Waals surface area contributed by atoms with Crippen LogP contribution in [0.15, 0.2) is 54.6 Å². The van der Waals surface area contributed by atoms with Crippen LogP contribution in [-0.4, -0.2) is 29.9 Å². The minimum atomic E-state index is 0.139. The van der Waals surface area contributed by atoms with Crippen molar-refractivity contribution in [3.63, 3.8) is 0 Å². The first-order valence-electron chi connectivity index (χ1n) is 8.76. The van der Waals surface area contributed by atoms with Crippen molar-refractivity contribution >= 4 is 11.6 Å². The fraction of sp³-hybridized carbons (Fsp3) is 0.381. The Labute approximate surface area is 144 Å². The minimum Gasteiger partial charge on any atom is -0.310 e. The first-order chi connectivity index (χ1) is 11.6. The smallest absolute Gasteiger partial charge is 0.224 e. The van der Waals surface area contributed by atoms with Crippen molar-refractivity contribution in [2.24, 2.45) is 0 Å². The number of aryl methyl sites for hydroxylation is 1. The zero-order valence-electron chi connectivity index (χ0n) is 14.6. The Morgan fingerprint density at radius 1 is 1.04 bits per heavy atom. The summed E-state index contributed by atoms with van der Waals surface area (Å²) in [7, 11) is 0. The molecule has 24 heavy (non-hydrogen) atoms. The predicted octanol–water partition coefficient (Wildman–Crippen LogP) is 4.01. The Kier molecular flexibility index (Phi) is 5.31. The van der Waals surface area contributed by atoms with Gasteiger partial charge in [-0.05, 0) is 37.5 Å². The Balaban J connectivity index is 1.63. The molecule has 0 unspecified atom stereocenters. The van der Waals surface area contributed by atoms with Crippen LogP contribution in [0.1, 0.15) is 30.9 Å². The number of likely N-dealkylation sites (tertiary alicyclic amines) is 1. The van der Waals surface area contributed by atoms with Crippen LogP contribution in [0.4, 0.5) is 5.69 Å². The van der Waals surface area contributed by atoms with Gasteiger partial charge in [-0.3, -0.25) is 9.69 Å². The average molecular weight is 322 g/mol. The van der Waals surface area contributed by atoms with Crippen molar-refractivity contribution in [3.8, 4) is 0 Å². The second-order valence-electron chi connectivity index (χ2n) is 6.72. The lowest BCUT2D eigenvalue weighted by atomic mass is 10.0. The molecule has 1 aliphatic rings. The molecule has 1 fully saturated rings. The Morgan fingerprint density at radius 3 is 2.25 bits per heavy atom. The molecule has 0 aromatic heterocycles. The molecule has 3 heteroatoms. The zero-order valence-corrected chi connectivity index (χ0v) is 14.6. The third-order valence-corrected chi connectivity index (χ3v) is 4.82. The van der Waals surface area contributed by atoms with Crippen LogP contribution < -0.4 is 4.90 Å². The summed E-state index contributed by atoms with van der Waals surface area (Å²) in [5.41, 5.74) is 3.60. The van der Waals surface area contributed by atoms with E-state index in [1.807, 2.05) is 4.90 Å². The van der Waals surface area contributed by atoms with Crippen LogP contribution in [0.25, 0.3) is 0 Å². The summed E-state index contributed by atoms with van der Waals surface area (Å²) in [6.07, 6.45) is 2.06. The maximum absolute atomic E-state index is 12.2. The molecule has 0 atom stereocenters. The molecular weight excluding hydrogens is 296 g/mol. The van der Waals surface area contributed by atoms with E-state index in [9.17, 15) is 4.79 Å². The molecule has 0 radical (unpaired) electrons. The molecular formula is C21H26N2O. The van der Waals surface area contributed by atoms with Crippen LogP contribution in [0.3, 0.4) is 0 Å². The number of carbonyl (C=O) groups is 1. The quantitative estimate of drug-likeness (QED) is 0.849. The molecule has 2 aromatic carbocycles. The first-order valence-corrected chi connectivity index (χ1v) is 8.76. The number of hydrogen-bond donors (Lipinski definition) is 0. The standard InChI is InChI=1S/C21H26N2O/c1-17-8-10-20(11-9-17)23(18(2)24)21-12-14-22(15-13-21)16-19-6-4-3-5-7-19/h3-11,21H,12-16H2,1-2H3. The van der Waals surface area contributed by atoms with Gasteiger partial charge in [0.15, 0.2) is 0 Å². The summed E-state index contributed by atoms with van der Waals surface area (Å²) in [6.45, 7) is 6.82. The van der Waals surface area contributed by atoms with E-state index in [4.69, 9.17) is 0 Å². The SMILES string of the molecule is CC(=O)N(c1ccc(C)cc1)C1CCN(Cc2ccccc2)CC1. The third-order valence-electron chi connectivity index (χ3n) is 4.82. The number of hydrogen-bond acceptors (Lipinski definition) is 2. The van der Waals surface area contributed by atoms with Gasteiger partial charge in [0.2, 0.25) is 5.91 Å².